The van der Waals surface area contributed by atoms with Gasteiger partial charge in [0.2, 0.25) is 0 Å². The van der Waals surface area contributed by atoms with Crippen molar-refractivity contribution in [3.05, 3.63) is 65.0 Å². The summed E-state index contributed by atoms with van der Waals surface area (Å²) >= 11 is 0. The number of pyridine rings is 1. The Labute approximate surface area is 121 Å². The topological polar surface area (TPSA) is 24.9 Å². The van der Waals surface area contributed by atoms with Crippen molar-refractivity contribution in [2.45, 2.75) is 25.1 Å². The summed E-state index contributed by atoms with van der Waals surface area (Å²) in [7, 11) is 0. The van der Waals surface area contributed by atoms with E-state index in [9.17, 15) is 13.2 Å². The van der Waals surface area contributed by atoms with Gasteiger partial charge in [0.1, 0.15) is 0 Å². The first-order valence-electron chi connectivity index (χ1n) is 6.82. The average Bonchev–Trinajstić information content (AvgIpc) is 2.47. The molecule has 0 amide bonds. The molecular weight excluding hydrogens is 277 g/mol. The van der Waals surface area contributed by atoms with Crippen LogP contribution < -0.4 is 5.32 Å². The normalized spacial score (nSPS) is 21.9. The number of nitrogens with zero attached hydrogens (tertiary/aromatic N) is 1. The SMILES string of the molecule is C[C@H]1CN[C@@H](c2ccc(C(F)(F)F)cc2)c2ncccc21. The Hall–Kier alpha value is -1.88. The maximum atomic E-state index is 12.6. The predicted octanol–water partition coefficient (Wildman–Crippen LogP) is 3.90. The maximum Gasteiger partial charge on any atom is 0.416 e. The zero-order valence-corrected chi connectivity index (χ0v) is 11.5. The van der Waals surface area contributed by atoms with Gasteiger partial charge in [-0.05, 0) is 35.2 Å². The van der Waals surface area contributed by atoms with E-state index in [1.54, 1.807) is 6.20 Å². The molecule has 110 valence electrons. The van der Waals surface area contributed by atoms with Crippen LogP contribution in [0.1, 0.15) is 41.3 Å². The van der Waals surface area contributed by atoms with Crippen LogP contribution in [0.15, 0.2) is 42.6 Å². The van der Waals surface area contributed by atoms with Gasteiger partial charge < -0.3 is 5.32 Å². The summed E-state index contributed by atoms with van der Waals surface area (Å²) < 4.78 is 37.9. The molecule has 0 unspecified atom stereocenters. The molecule has 1 aliphatic heterocycles. The molecule has 0 saturated carbocycles. The molecule has 5 heteroatoms. The van der Waals surface area contributed by atoms with Crippen molar-refractivity contribution in [2.75, 3.05) is 6.54 Å². The lowest BCUT2D eigenvalue weighted by molar-refractivity contribution is -0.137. The van der Waals surface area contributed by atoms with Gasteiger partial charge >= 0.3 is 6.18 Å². The molecular formula is C16H15F3N2. The van der Waals surface area contributed by atoms with Crippen LogP contribution in [0, 0.1) is 0 Å². The van der Waals surface area contributed by atoms with E-state index >= 15 is 0 Å². The quantitative estimate of drug-likeness (QED) is 0.862. The predicted molar refractivity (Wildman–Crippen MR) is 73.9 cm³/mol. The number of alkyl halides is 3. The molecule has 21 heavy (non-hydrogen) atoms. The summed E-state index contributed by atoms with van der Waals surface area (Å²) in [5.41, 5.74) is 2.23. The largest absolute Gasteiger partial charge is 0.416 e. The zero-order chi connectivity index (χ0) is 15.0. The minimum Gasteiger partial charge on any atom is -0.304 e. The van der Waals surface area contributed by atoms with E-state index in [2.05, 4.69) is 17.2 Å². The van der Waals surface area contributed by atoms with Crippen molar-refractivity contribution >= 4 is 0 Å². The highest BCUT2D eigenvalue weighted by molar-refractivity contribution is 5.38. The molecule has 0 saturated heterocycles. The Morgan fingerprint density at radius 1 is 1.14 bits per heavy atom. The third-order valence-corrected chi connectivity index (χ3v) is 3.88. The molecule has 2 heterocycles. The number of aromatic nitrogens is 1. The van der Waals surface area contributed by atoms with Crippen molar-refractivity contribution in [3.8, 4) is 0 Å². The second-order valence-electron chi connectivity index (χ2n) is 5.34. The molecule has 2 nitrogen and oxygen atoms in total. The zero-order valence-electron chi connectivity index (χ0n) is 11.5. The maximum absolute atomic E-state index is 12.6. The highest BCUT2D eigenvalue weighted by Gasteiger charge is 2.31. The van der Waals surface area contributed by atoms with E-state index in [1.165, 1.54) is 12.1 Å². The standard InChI is InChI=1S/C16H15F3N2/c1-10-9-21-14(15-13(10)3-2-8-20-15)11-4-6-12(7-5-11)16(17,18)19/h2-8,10,14,21H,9H2,1H3/t10-,14-/m0/s1. The molecule has 0 radical (unpaired) electrons. The van der Waals surface area contributed by atoms with Crippen LogP contribution in [-0.2, 0) is 6.18 Å². The number of halogens is 3. The lowest BCUT2D eigenvalue weighted by Crippen LogP contribution is -2.33. The van der Waals surface area contributed by atoms with Gasteiger partial charge in [-0.15, -0.1) is 0 Å². The summed E-state index contributed by atoms with van der Waals surface area (Å²) in [6.45, 7) is 2.89. The second-order valence-corrected chi connectivity index (χ2v) is 5.34. The monoisotopic (exact) mass is 292 g/mol. The van der Waals surface area contributed by atoms with Crippen LogP contribution in [0.2, 0.25) is 0 Å². The molecule has 2 atom stereocenters. The van der Waals surface area contributed by atoms with Crippen LogP contribution in [0.3, 0.4) is 0 Å². The van der Waals surface area contributed by atoms with Crippen LogP contribution in [-0.4, -0.2) is 11.5 Å². The van der Waals surface area contributed by atoms with Gasteiger partial charge in [-0.25, -0.2) is 0 Å². The fourth-order valence-electron chi connectivity index (χ4n) is 2.73. The Morgan fingerprint density at radius 3 is 2.52 bits per heavy atom. The van der Waals surface area contributed by atoms with E-state index in [-0.39, 0.29) is 6.04 Å². The number of benzene rings is 1. The van der Waals surface area contributed by atoms with Gasteiger partial charge in [-0.2, -0.15) is 13.2 Å². The van der Waals surface area contributed by atoms with Crippen LogP contribution >= 0.6 is 0 Å². The second kappa shape index (κ2) is 5.15. The Balaban J connectivity index is 1.97. The lowest BCUT2D eigenvalue weighted by atomic mass is 9.88. The third-order valence-electron chi connectivity index (χ3n) is 3.88. The molecule has 3 rings (SSSR count). The molecule has 1 aromatic heterocycles. The third kappa shape index (κ3) is 2.65. The summed E-state index contributed by atoms with van der Waals surface area (Å²) in [6, 6.07) is 9.06. The Bertz CT molecular complexity index is 635. The molecule has 0 spiro atoms. The van der Waals surface area contributed by atoms with Gasteiger partial charge in [0.25, 0.3) is 0 Å². The van der Waals surface area contributed by atoms with Gasteiger partial charge in [0.05, 0.1) is 17.3 Å². The number of hydrogen-bond donors (Lipinski definition) is 1. The molecule has 1 aromatic carbocycles. The fraction of sp³-hybridized carbons (Fsp3) is 0.312. The minimum absolute atomic E-state index is 0.153. The van der Waals surface area contributed by atoms with Crippen molar-refractivity contribution in [3.63, 3.8) is 0 Å². The van der Waals surface area contributed by atoms with Crippen LogP contribution in [0.4, 0.5) is 13.2 Å². The highest BCUT2D eigenvalue weighted by atomic mass is 19.4. The fourth-order valence-corrected chi connectivity index (χ4v) is 2.73. The molecule has 1 aliphatic rings. The van der Waals surface area contributed by atoms with Crippen LogP contribution in [0.5, 0.6) is 0 Å². The van der Waals surface area contributed by atoms with Crippen LogP contribution in [0.25, 0.3) is 0 Å². The number of fused-ring (bicyclic) bond motifs is 1. The van der Waals surface area contributed by atoms with E-state index in [0.717, 1.165) is 35.5 Å². The lowest BCUT2D eigenvalue weighted by Gasteiger charge is -2.30. The summed E-state index contributed by atoms with van der Waals surface area (Å²) in [5.74, 6) is 0.347. The van der Waals surface area contributed by atoms with E-state index in [0.29, 0.717) is 5.92 Å². The highest BCUT2D eigenvalue weighted by Crippen LogP contribution is 2.34. The molecule has 1 N–H and O–H groups in total. The van der Waals surface area contributed by atoms with Gasteiger partial charge in [0, 0.05) is 12.7 Å². The van der Waals surface area contributed by atoms with Crippen molar-refractivity contribution in [2.24, 2.45) is 0 Å². The summed E-state index contributed by atoms with van der Waals surface area (Å²) in [5, 5.41) is 3.36. The molecule has 0 bridgehead atoms. The minimum atomic E-state index is -4.30. The first-order valence-corrected chi connectivity index (χ1v) is 6.82. The van der Waals surface area contributed by atoms with Crippen molar-refractivity contribution < 1.29 is 13.2 Å². The van der Waals surface area contributed by atoms with E-state index < -0.39 is 11.7 Å². The Kier molecular flexibility index (Phi) is 3.45. The summed E-state index contributed by atoms with van der Waals surface area (Å²) in [4.78, 5) is 4.41. The van der Waals surface area contributed by atoms with Gasteiger partial charge in [-0.3, -0.25) is 4.98 Å². The molecule has 0 aliphatic carbocycles. The van der Waals surface area contributed by atoms with Gasteiger partial charge in [0.15, 0.2) is 0 Å². The Morgan fingerprint density at radius 2 is 1.86 bits per heavy atom. The van der Waals surface area contributed by atoms with Gasteiger partial charge in [-0.1, -0.05) is 25.1 Å². The average molecular weight is 292 g/mol. The number of rotatable bonds is 1. The first-order chi connectivity index (χ1) is 9.97. The number of hydrogen-bond acceptors (Lipinski definition) is 2. The molecule has 2 aromatic rings. The van der Waals surface area contributed by atoms with Crippen molar-refractivity contribution in [1.29, 1.82) is 0 Å². The molecule has 0 fully saturated rings. The van der Waals surface area contributed by atoms with Crippen molar-refractivity contribution in [1.82, 2.24) is 10.3 Å². The smallest absolute Gasteiger partial charge is 0.304 e. The van der Waals surface area contributed by atoms with E-state index in [4.69, 9.17) is 0 Å². The first kappa shape index (κ1) is 14.1. The van der Waals surface area contributed by atoms with E-state index in [1.807, 2.05) is 12.1 Å². The summed E-state index contributed by atoms with van der Waals surface area (Å²) in [6.07, 6.45) is -2.58. The number of nitrogens with one attached hydrogen (secondary N) is 1.